The second kappa shape index (κ2) is 3.93. The Kier molecular flexibility index (Phi) is 2.78. The summed E-state index contributed by atoms with van der Waals surface area (Å²) in [5.41, 5.74) is -0.563. The molecule has 2 fully saturated rings. The Morgan fingerprint density at radius 1 is 1.00 bits per heavy atom. The number of hydrogen-bond donors (Lipinski definition) is 1. The Morgan fingerprint density at radius 2 is 1.53 bits per heavy atom. The number of imide groups is 1. The van der Waals surface area contributed by atoms with Crippen LogP contribution in [-0.2, 0) is 9.59 Å². The molecule has 0 aromatic rings. The highest BCUT2D eigenvalue weighted by Gasteiger charge is 2.50. The molecule has 0 bridgehead atoms. The number of amides is 2. The Balaban J connectivity index is 2.16. The number of rotatable bonds is 0. The molecule has 1 spiro atoms. The molecule has 1 saturated heterocycles. The Labute approximate surface area is 89.2 Å². The van der Waals surface area contributed by atoms with Crippen molar-refractivity contribution in [1.29, 1.82) is 0 Å². The molecule has 15 heavy (non-hydrogen) atoms. The van der Waals surface area contributed by atoms with E-state index in [2.05, 4.69) is 0 Å². The van der Waals surface area contributed by atoms with Crippen LogP contribution in [0.4, 0.5) is 0 Å². The molecule has 1 aliphatic heterocycles. The zero-order valence-corrected chi connectivity index (χ0v) is 8.87. The fourth-order valence-electron chi connectivity index (χ4n) is 2.75. The van der Waals surface area contributed by atoms with Gasteiger partial charge in [-0.1, -0.05) is 32.1 Å². The SMILES string of the molecule is O=C1CC2(CCCCCCC2)C(=O)N1O. The van der Waals surface area contributed by atoms with Gasteiger partial charge in [0.2, 0.25) is 0 Å². The van der Waals surface area contributed by atoms with Crippen LogP contribution in [0.15, 0.2) is 0 Å². The number of carbonyl (C=O) groups excluding carboxylic acids is 2. The molecular formula is C11H17NO3. The zero-order chi connectivity index (χ0) is 10.9. The van der Waals surface area contributed by atoms with Gasteiger partial charge in [-0.05, 0) is 12.8 Å². The van der Waals surface area contributed by atoms with Crippen LogP contribution in [0.1, 0.15) is 51.4 Å². The monoisotopic (exact) mass is 211 g/mol. The minimum atomic E-state index is -0.563. The van der Waals surface area contributed by atoms with Crippen molar-refractivity contribution in [1.82, 2.24) is 5.06 Å². The van der Waals surface area contributed by atoms with E-state index in [0.717, 1.165) is 38.5 Å². The Morgan fingerprint density at radius 3 is 2.00 bits per heavy atom. The quantitative estimate of drug-likeness (QED) is 0.491. The van der Waals surface area contributed by atoms with Gasteiger partial charge in [-0.25, -0.2) is 0 Å². The van der Waals surface area contributed by atoms with Gasteiger partial charge in [0.05, 0.1) is 5.41 Å². The molecular weight excluding hydrogens is 194 g/mol. The lowest BCUT2D eigenvalue weighted by atomic mass is 9.75. The van der Waals surface area contributed by atoms with E-state index in [9.17, 15) is 14.8 Å². The summed E-state index contributed by atoms with van der Waals surface area (Å²) >= 11 is 0. The van der Waals surface area contributed by atoms with E-state index >= 15 is 0 Å². The maximum absolute atomic E-state index is 11.8. The highest BCUT2D eigenvalue weighted by Crippen LogP contribution is 2.42. The zero-order valence-electron chi connectivity index (χ0n) is 8.87. The lowest BCUT2D eigenvalue weighted by Crippen LogP contribution is -2.34. The van der Waals surface area contributed by atoms with Crippen molar-refractivity contribution in [2.24, 2.45) is 5.41 Å². The molecule has 0 aromatic carbocycles. The predicted octanol–water partition coefficient (Wildman–Crippen LogP) is 1.87. The first-order valence-electron chi connectivity index (χ1n) is 5.72. The van der Waals surface area contributed by atoms with Gasteiger partial charge in [0.25, 0.3) is 11.8 Å². The molecule has 0 atom stereocenters. The van der Waals surface area contributed by atoms with Crippen molar-refractivity contribution >= 4 is 11.8 Å². The summed E-state index contributed by atoms with van der Waals surface area (Å²) in [5, 5.41) is 9.62. The number of hydroxylamine groups is 2. The first kappa shape index (κ1) is 10.6. The maximum Gasteiger partial charge on any atom is 0.260 e. The smallest absolute Gasteiger partial charge is 0.260 e. The fourth-order valence-corrected chi connectivity index (χ4v) is 2.75. The summed E-state index contributed by atoms with van der Waals surface area (Å²) in [6, 6.07) is 0. The van der Waals surface area contributed by atoms with Crippen molar-refractivity contribution in [3.8, 4) is 0 Å². The molecule has 0 aromatic heterocycles. The third-order valence-corrected chi connectivity index (χ3v) is 3.68. The van der Waals surface area contributed by atoms with E-state index in [4.69, 9.17) is 0 Å². The van der Waals surface area contributed by atoms with E-state index in [-0.39, 0.29) is 12.3 Å². The molecule has 84 valence electrons. The maximum atomic E-state index is 11.8. The van der Waals surface area contributed by atoms with Crippen LogP contribution >= 0.6 is 0 Å². The largest absolute Gasteiger partial charge is 0.278 e. The Hall–Kier alpha value is -0.900. The summed E-state index contributed by atoms with van der Waals surface area (Å²) in [7, 11) is 0. The van der Waals surface area contributed by atoms with E-state index in [1.165, 1.54) is 6.42 Å². The summed E-state index contributed by atoms with van der Waals surface area (Å²) in [4.78, 5) is 23.1. The average Bonchev–Trinajstić information content (AvgIpc) is 2.39. The third-order valence-electron chi connectivity index (χ3n) is 3.68. The molecule has 4 nitrogen and oxygen atoms in total. The topological polar surface area (TPSA) is 57.6 Å². The van der Waals surface area contributed by atoms with E-state index in [1.807, 2.05) is 0 Å². The molecule has 0 radical (unpaired) electrons. The molecule has 1 N–H and O–H groups in total. The van der Waals surface area contributed by atoms with Crippen molar-refractivity contribution in [3.63, 3.8) is 0 Å². The van der Waals surface area contributed by atoms with Gasteiger partial charge in [-0.3, -0.25) is 14.8 Å². The van der Waals surface area contributed by atoms with E-state index < -0.39 is 11.3 Å². The normalized spacial score (nSPS) is 26.9. The summed E-state index contributed by atoms with van der Waals surface area (Å²) in [6.07, 6.45) is 7.20. The minimum Gasteiger partial charge on any atom is -0.278 e. The lowest BCUT2D eigenvalue weighted by Gasteiger charge is -2.27. The van der Waals surface area contributed by atoms with Gasteiger partial charge in [0.1, 0.15) is 0 Å². The van der Waals surface area contributed by atoms with Crippen molar-refractivity contribution < 1.29 is 14.8 Å². The number of carbonyl (C=O) groups is 2. The van der Waals surface area contributed by atoms with Crippen molar-refractivity contribution in [2.75, 3.05) is 0 Å². The van der Waals surface area contributed by atoms with Crippen molar-refractivity contribution in [2.45, 2.75) is 51.4 Å². The van der Waals surface area contributed by atoms with Crippen LogP contribution in [0.25, 0.3) is 0 Å². The standard InChI is InChI=1S/C11H17NO3/c13-9-8-11(10(14)12(9)15)6-4-2-1-3-5-7-11/h15H,1-8H2. The summed E-state index contributed by atoms with van der Waals surface area (Å²) in [6.45, 7) is 0. The first-order chi connectivity index (χ1) is 7.16. The van der Waals surface area contributed by atoms with Gasteiger partial charge in [0, 0.05) is 6.42 Å². The Bertz CT molecular complexity index is 280. The number of nitrogens with zero attached hydrogens (tertiary/aromatic N) is 1. The third kappa shape index (κ3) is 1.78. The van der Waals surface area contributed by atoms with Crippen LogP contribution in [0.3, 0.4) is 0 Å². The van der Waals surface area contributed by atoms with Gasteiger partial charge < -0.3 is 0 Å². The number of hydrogen-bond acceptors (Lipinski definition) is 3. The van der Waals surface area contributed by atoms with Gasteiger partial charge >= 0.3 is 0 Å². The molecule has 0 unspecified atom stereocenters. The molecule has 2 aliphatic rings. The van der Waals surface area contributed by atoms with E-state index in [1.54, 1.807) is 0 Å². The van der Waals surface area contributed by atoms with E-state index in [0.29, 0.717) is 5.06 Å². The lowest BCUT2D eigenvalue weighted by molar-refractivity contribution is -0.174. The molecule has 1 saturated carbocycles. The van der Waals surface area contributed by atoms with Crippen LogP contribution in [0.5, 0.6) is 0 Å². The van der Waals surface area contributed by atoms with Gasteiger partial charge in [-0.15, -0.1) is 0 Å². The summed E-state index contributed by atoms with van der Waals surface area (Å²) < 4.78 is 0. The van der Waals surface area contributed by atoms with Crippen LogP contribution in [-0.4, -0.2) is 22.1 Å². The molecule has 2 rings (SSSR count). The van der Waals surface area contributed by atoms with Crippen LogP contribution < -0.4 is 0 Å². The second-order valence-corrected chi connectivity index (χ2v) is 4.74. The van der Waals surface area contributed by atoms with Gasteiger partial charge in [0.15, 0.2) is 0 Å². The van der Waals surface area contributed by atoms with Crippen molar-refractivity contribution in [3.05, 3.63) is 0 Å². The molecule has 2 amide bonds. The highest BCUT2D eigenvalue weighted by atomic mass is 16.5. The molecule has 1 aliphatic carbocycles. The fraction of sp³-hybridized carbons (Fsp3) is 0.818. The van der Waals surface area contributed by atoms with Crippen LogP contribution in [0, 0.1) is 5.41 Å². The molecule has 4 heteroatoms. The average molecular weight is 211 g/mol. The second-order valence-electron chi connectivity index (χ2n) is 4.74. The summed E-state index contributed by atoms with van der Waals surface area (Å²) in [5.74, 6) is -0.796. The van der Waals surface area contributed by atoms with Crippen LogP contribution in [0.2, 0.25) is 0 Å². The first-order valence-corrected chi connectivity index (χ1v) is 5.72. The molecule has 1 heterocycles. The minimum absolute atomic E-state index is 0.211. The van der Waals surface area contributed by atoms with Gasteiger partial charge in [-0.2, -0.15) is 5.06 Å². The highest BCUT2D eigenvalue weighted by molar-refractivity contribution is 6.04. The predicted molar refractivity (Wildman–Crippen MR) is 53.0 cm³/mol.